The predicted octanol–water partition coefficient (Wildman–Crippen LogP) is 2.17. The minimum atomic E-state index is -0.294. The van der Waals surface area contributed by atoms with E-state index in [1.54, 1.807) is 0 Å². The molecule has 0 N–H and O–H groups in total. The van der Waals surface area contributed by atoms with Crippen molar-refractivity contribution in [1.82, 2.24) is 0 Å². The van der Waals surface area contributed by atoms with E-state index >= 15 is 0 Å². The topological polar surface area (TPSA) is 35.5 Å². The molecule has 0 aromatic carbocycles. The van der Waals surface area contributed by atoms with E-state index in [-0.39, 0.29) is 23.1 Å². The second-order valence-electron chi connectivity index (χ2n) is 4.99. The maximum atomic E-state index is 11.8. The Morgan fingerprint density at radius 2 is 2.07 bits per heavy atom. The fourth-order valence-corrected chi connectivity index (χ4v) is 4.62. The van der Waals surface area contributed by atoms with Crippen LogP contribution in [0.3, 0.4) is 0 Å². The van der Waals surface area contributed by atoms with E-state index in [2.05, 4.69) is 29.5 Å². The van der Waals surface area contributed by atoms with E-state index < -0.39 is 0 Å². The molecule has 2 saturated heterocycles. The molecule has 15 heavy (non-hydrogen) atoms. The van der Waals surface area contributed by atoms with E-state index in [1.807, 2.05) is 6.92 Å². The number of ether oxygens (including phenoxy) is 2. The lowest BCUT2D eigenvalue weighted by atomic mass is 9.68. The van der Waals surface area contributed by atoms with Crippen LogP contribution in [0.25, 0.3) is 0 Å². The first-order valence-corrected chi connectivity index (χ1v) is 6.83. The molecule has 4 heteroatoms. The summed E-state index contributed by atoms with van der Waals surface area (Å²) in [6.45, 7) is 4.18. The number of esters is 1. The van der Waals surface area contributed by atoms with E-state index in [1.165, 1.54) is 7.11 Å². The standard InChI is InChI=1S/C11H17IO3/c1-10-4-5-11(2,15-10)8(7(10)6-12)9(13)14-3/h7-8H,4-6H2,1-3H3/t7-,8+,10+,11-/m1/s1. The van der Waals surface area contributed by atoms with Crippen molar-refractivity contribution in [2.24, 2.45) is 11.8 Å². The minimum Gasteiger partial charge on any atom is -0.469 e. The van der Waals surface area contributed by atoms with Crippen LogP contribution in [0.4, 0.5) is 0 Å². The number of alkyl halides is 1. The maximum absolute atomic E-state index is 11.8. The van der Waals surface area contributed by atoms with Crippen molar-refractivity contribution in [3.05, 3.63) is 0 Å². The van der Waals surface area contributed by atoms with Crippen molar-refractivity contribution < 1.29 is 14.3 Å². The Morgan fingerprint density at radius 1 is 1.47 bits per heavy atom. The monoisotopic (exact) mass is 324 g/mol. The van der Waals surface area contributed by atoms with Gasteiger partial charge in [0, 0.05) is 10.3 Å². The van der Waals surface area contributed by atoms with Gasteiger partial charge in [-0.05, 0) is 26.7 Å². The van der Waals surface area contributed by atoms with Gasteiger partial charge in [-0.3, -0.25) is 4.79 Å². The molecule has 0 aromatic rings. The summed E-state index contributed by atoms with van der Waals surface area (Å²) >= 11 is 2.34. The van der Waals surface area contributed by atoms with Gasteiger partial charge in [-0.2, -0.15) is 0 Å². The highest BCUT2D eigenvalue weighted by Gasteiger charge is 2.65. The molecular formula is C11H17IO3. The van der Waals surface area contributed by atoms with E-state index in [0.29, 0.717) is 5.92 Å². The van der Waals surface area contributed by atoms with Gasteiger partial charge in [-0.1, -0.05) is 22.6 Å². The number of halogens is 1. The molecule has 0 aliphatic carbocycles. The number of rotatable bonds is 2. The van der Waals surface area contributed by atoms with Crippen LogP contribution in [0.15, 0.2) is 0 Å². The quantitative estimate of drug-likeness (QED) is 0.444. The van der Waals surface area contributed by atoms with Gasteiger partial charge < -0.3 is 9.47 Å². The number of hydrogen-bond acceptors (Lipinski definition) is 3. The average molecular weight is 324 g/mol. The predicted molar refractivity (Wildman–Crippen MR) is 65.0 cm³/mol. The summed E-state index contributed by atoms with van der Waals surface area (Å²) in [5, 5.41) is 0. The molecule has 3 nitrogen and oxygen atoms in total. The van der Waals surface area contributed by atoms with Crippen LogP contribution in [-0.4, -0.2) is 28.7 Å². The van der Waals surface area contributed by atoms with Gasteiger partial charge >= 0.3 is 5.97 Å². The van der Waals surface area contributed by atoms with Crippen molar-refractivity contribution >= 4 is 28.6 Å². The number of hydrogen-bond donors (Lipinski definition) is 0. The molecule has 4 atom stereocenters. The zero-order valence-corrected chi connectivity index (χ0v) is 11.5. The number of carbonyl (C=O) groups excluding carboxylic acids is 1. The lowest BCUT2D eigenvalue weighted by Gasteiger charge is -2.33. The molecule has 2 aliphatic heterocycles. The first kappa shape index (κ1) is 11.6. The summed E-state index contributed by atoms with van der Waals surface area (Å²) in [7, 11) is 1.46. The van der Waals surface area contributed by atoms with E-state index in [9.17, 15) is 4.79 Å². The Labute approximate surface area is 104 Å². The van der Waals surface area contributed by atoms with Crippen LogP contribution < -0.4 is 0 Å². The maximum Gasteiger partial charge on any atom is 0.312 e. The van der Waals surface area contributed by atoms with Gasteiger partial charge in [0.25, 0.3) is 0 Å². The Hall–Kier alpha value is 0.160. The van der Waals surface area contributed by atoms with Gasteiger partial charge in [0.2, 0.25) is 0 Å². The van der Waals surface area contributed by atoms with Gasteiger partial charge in [0.05, 0.1) is 24.2 Å². The normalized spacial score (nSPS) is 48.3. The van der Waals surface area contributed by atoms with Crippen LogP contribution in [0.1, 0.15) is 26.7 Å². The number of methoxy groups -OCH3 is 1. The van der Waals surface area contributed by atoms with Crippen molar-refractivity contribution in [2.75, 3.05) is 11.5 Å². The number of fused-ring (bicyclic) bond motifs is 2. The van der Waals surface area contributed by atoms with Crippen molar-refractivity contribution in [2.45, 2.75) is 37.9 Å². The summed E-state index contributed by atoms with van der Waals surface area (Å²) in [6, 6.07) is 0. The molecule has 0 amide bonds. The summed E-state index contributed by atoms with van der Waals surface area (Å²) in [6.07, 6.45) is 2.03. The Morgan fingerprint density at radius 3 is 2.60 bits per heavy atom. The van der Waals surface area contributed by atoms with Gasteiger partial charge in [0.15, 0.2) is 0 Å². The lowest BCUT2D eigenvalue weighted by molar-refractivity contribution is -0.151. The minimum absolute atomic E-state index is 0.0850. The zero-order chi connectivity index (χ0) is 11.3. The van der Waals surface area contributed by atoms with Crippen LogP contribution in [-0.2, 0) is 14.3 Å². The highest BCUT2D eigenvalue weighted by atomic mass is 127. The van der Waals surface area contributed by atoms with Crippen molar-refractivity contribution in [1.29, 1.82) is 0 Å². The fourth-order valence-electron chi connectivity index (χ4n) is 3.18. The Kier molecular flexibility index (Phi) is 2.78. The largest absolute Gasteiger partial charge is 0.469 e. The van der Waals surface area contributed by atoms with E-state index in [4.69, 9.17) is 9.47 Å². The molecule has 2 aliphatic rings. The Bertz CT molecular complexity index is 294. The first-order chi connectivity index (χ1) is 6.97. The molecule has 2 rings (SSSR count). The smallest absolute Gasteiger partial charge is 0.312 e. The van der Waals surface area contributed by atoms with Gasteiger partial charge in [-0.15, -0.1) is 0 Å². The third-order valence-electron chi connectivity index (χ3n) is 4.05. The molecule has 0 unspecified atom stereocenters. The second-order valence-corrected chi connectivity index (χ2v) is 5.87. The summed E-state index contributed by atoms with van der Waals surface area (Å²) < 4.78 is 11.9. The SMILES string of the molecule is COC(=O)[C@@H]1[C@@H](CI)[C@]2(C)CC[C@@]1(C)O2. The third-order valence-corrected chi connectivity index (χ3v) is 5.00. The first-order valence-electron chi connectivity index (χ1n) is 5.31. The molecule has 2 bridgehead atoms. The lowest BCUT2D eigenvalue weighted by Crippen LogP contribution is -2.44. The zero-order valence-electron chi connectivity index (χ0n) is 9.38. The fraction of sp³-hybridized carbons (Fsp3) is 0.909. The highest BCUT2D eigenvalue weighted by molar-refractivity contribution is 14.1. The summed E-state index contributed by atoms with van der Waals surface area (Å²) in [5.74, 6) is 0.102. The molecule has 0 spiro atoms. The van der Waals surface area contributed by atoms with Crippen molar-refractivity contribution in [3.63, 3.8) is 0 Å². The summed E-state index contributed by atoms with van der Waals surface area (Å²) in [5.41, 5.74) is -0.410. The molecular weight excluding hydrogens is 307 g/mol. The molecule has 0 radical (unpaired) electrons. The van der Waals surface area contributed by atoms with Crippen LogP contribution in [0, 0.1) is 11.8 Å². The van der Waals surface area contributed by atoms with Crippen molar-refractivity contribution in [3.8, 4) is 0 Å². The third kappa shape index (κ3) is 1.52. The average Bonchev–Trinajstić information content (AvgIpc) is 2.62. The molecule has 86 valence electrons. The summed E-state index contributed by atoms with van der Waals surface area (Å²) in [4.78, 5) is 11.8. The van der Waals surface area contributed by atoms with Gasteiger partial charge in [0.1, 0.15) is 0 Å². The van der Waals surface area contributed by atoms with Gasteiger partial charge in [-0.25, -0.2) is 0 Å². The molecule has 2 heterocycles. The molecule has 0 saturated carbocycles. The molecule has 0 aromatic heterocycles. The molecule has 2 fully saturated rings. The Balaban J connectivity index is 2.33. The van der Waals surface area contributed by atoms with Crippen LogP contribution >= 0.6 is 22.6 Å². The highest BCUT2D eigenvalue weighted by Crippen LogP contribution is 2.58. The second kappa shape index (κ2) is 3.58. The number of carbonyl (C=O) groups is 1. The van der Waals surface area contributed by atoms with Crippen LogP contribution in [0.2, 0.25) is 0 Å². The van der Waals surface area contributed by atoms with Crippen LogP contribution in [0.5, 0.6) is 0 Å². The van der Waals surface area contributed by atoms with E-state index in [0.717, 1.165) is 17.3 Å².